The zero-order chi connectivity index (χ0) is 9.14. The van der Waals surface area contributed by atoms with E-state index in [1.54, 1.807) is 6.26 Å². The first-order valence-electron chi connectivity index (χ1n) is 2.96. The first-order chi connectivity index (χ1) is 5.69. The summed E-state index contributed by atoms with van der Waals surface area (Å²) in [6, 6.07) is 1.53. The van der Waals surface area contributed by atoms with Gasteiger partial charge in [0, 0.05) is 0 Å². The van der Waals surface area contributed by atoms with Gasteiger partial charge in [0.15, 0.2) is 6.29 Å². The fourth-order valence-electron chi connectivity index (χ4n) is 0.714. The Morgan fingerprint density at radius 1 is 1.75 bits per heavy atom. The van der Waals surface area contributed by atoms with Crippen LogP contribution in [0.15, 0.2) is 11.0 Å². The Hall–Kier alpha value is -0.880. The molecule has 0 radical (unpaired) electrons. The van der Waals surface area contributed by atoms with Crippen molar-refractivity contribution >= 4 is 34.4 Å². The molecule has 0 amide bonds. The van der Waals surface area contributed by atoms with Gasteiger partial charge in [-0.2, -0.15) is 0 Å². The van der Waals surface area contributed by atoms with Crippen molar-refractivity contribution in [2.45, 2.75) is 4.90 Å². The van der Waals surface area contributed by atoms with E-state index in [1.165, 1.54) is 17.8 Å². The lowest BCUT2D eigenvalue weighted by molar-refractivity contribution is -0.382. The molecule has 0 atom stereocenters. The van der Waals surface area contributed by atoms with Crippen LogP contribution in [0.25, 0.3) is 0 Å². The zero-order valence-corrected chi connectivity index (χ0v) is 7.78. The molecule has 0 aliphatic carbocycles. The topological polar surface area (TPSA) is 60.2 Å². The minimum atomic E-state index is -0.469. The van der Waals surface area contributed by atoms with Gasteiger partial charge in [-0.25, -0.2) is 0 Å². The van der Waals surface area contributed by atoms with Gasteiger partial charge in [-0.15, -0.1) is 11.8 Å². The summed E-state index contributed by atoms with van der Waals surface area (Å²) in [6.07, 6.45) is 2.36. The fraction of sp³-hybridized carbons (Fsp3) is 0.167. The van der Waals surface area contributed by atoms with E-state index >= 15 is 0 Å². The van der Waals surface area contributed by atoms with Crippen molar-refractivity contribution in [3.8, 4) is 0 Å². The highest BCUT2D eigenvalue weighted by molar-refractivity contribution is 7.98. The summed E-state index contributed by atoms with van der Waals surface area (Å²) < 4.78 is 0. The summed E-state index contributed by atoms with van der Waals surface area (Å²) in [5, 5.41) is 10.4. The van der Waals surface area contributed by atoms with E-state index in [9.17, 15) is 14.9 Å². The van der Waals surface area contributed by atoms with Gasteiger partial charge < -0.3 is 0 Å². The molecule has 0 bridgehead atoms. The first-order valence-corrected chi connectivity index (χ1v) is 5.00. The van der Waals surface area contributed by atoms with Gasteiger partial charge in [-0.3, -0.25) is 14.9 Å². The van der Waals surface area contributed by atoms with Gasteiger partial charge >= 0.3 is 5.00 Å². The molecular formula is C6H5NO3S2. The van der Waals surface area contributed by atoms with E-state index in [0.29, 0.717) is 16.1 Å². The number of nitro groups is 1. The van der Waals surface area contributed by atoms with E-state index in [-0.39, 0.29) is 5.00 Å². The average Bonchev–Trinajstić information content (AvgIpc) is 2.47. The highest BCUT2D eigenvalue weighted by Crippen LogP contribution is 2.35. The molecule has 1 heterocycles. The highest BCUT2D eigenvalue weighted by atomic mass is 32.2. The van der Waals surface area contributed by atoms with Crippen LogP contribution in [-0.2, 0) is 0 Å². The second-order valence-corrected chi connectivity index (χ2v) is 3.81. The van der Waals surface area contributed by atoms with Crippen LogP contribution in [0, 0.1) is 10.1 Å². The van der Waals surface area contributed by atoms with Crippen molar-refractivity contribution in [3.05, 3.63) is 21.1 Å². The second kappa shape index (κ2) is 3.68. The minimum absolute atomic E-state index is 0.0459. The molecule has 0 aliphatic heterocycles. The van der Waals surface area contributed by atoms with Crippen molar-refractivity contribution in [2.75, 3.05) is 6.26 Å². The second-order valence-electron chi connectivity index (χ2n) is 1.90. The number of thiophene rings is 1. The van der Waals surface area contributed by atoms with Crippen LogP contribution in [0.3, 0.4) is 0 Å². The Balaban J connectivity index is 3.16. The largest absolute Gasteiger partial charge is 0.338 e. The molecule has 0 aromatic carbocycles. The van der Waals surface area contributed by atoms with Crippen molar-refractivity contribution < 1.29 is 9.72 Å². The number of aldehydes is 1. The molecule has 6 heteroatoms. The summed E-state index contributed by atoms with van der Waals surface area (Å²) in [6.45, 7) is 0. The molecule has 1 aromatic heterocycles. The number of hydrogen-bond acceptors (Lipinski definition) is 5. The number of nitrogens with zero attached hydrogens (tertiary/aromatic N) is 1. The lowest BCUT2D eigenvalue weighted by Gasteiger charge is -1.87. The van der Waals surface area contributed by atoms with Gasteiger partial charge in [0.05, 0.1) is 14.7 Å². The van der Waals surface area contributed by atoms with E-state index in [4.69, 9.17) is 0 Å². The van der Waals surface area contributed by atoms with Crippen molar-refractivity contribution in [3.63, 3.8) is 0 Å². The van der Waals surface area contributed by atoms with E-state index in [1.807, 2.05) is 0 Å². The Morgan fingerprint density at radius 2 is 2.42 bits per heavy atom. The van der Waals surface area contributed by atoms with Gasteiger partial charge in [0.1, 0.15) is 0 Å². The number of hydrogen-bond donors (Lipinski definition) is 0. The molecule has 64 valence electrons. The Labute approximate surface area is 76.7 Å². The van der Waals surface area contributed by atoms with Crippen LogP contribution in [0.2, 0.25) is 0 Å². The molecule has 12 heavy (non-hydrogen) atoms. The number of rotatable bonds is 3. The quantitative estimate of drug-likeness (QED) is 0.327. The van der Waals surface area contributed by atoms with Crippen LogP contribution in [0.1, 0.15) is 9.67 Å². The van der Waals surface area contributed by atoms with Gasteiger partial charge in [-0.1, -0.05) is 11.3 Å². The predicted octanol–water partition coefficient (Wildman–Crippen LogP) is 2.19. The average molecular weight is 203 g/mol. The Bertz CT molecular complexity index is 321. The lowest BCUT2D eigenvalue weighted by Crippen LogP contribution is -1.83. The van der Waals surface area contributed by atoms with Crippen molar-refractivity contribution in [1.29, 1.82) is 0 Å². The third kappa shape index (κ3) is 1.64. The fourth-order valence-corrected chi connectivity index (χ4v) is 2.34. The molecule has 0 aliphatic rings. The maximum atomic E-state index is 10.4. The minimum Gasteiger partial charge on any atom is -0.297 e. The normalized spacial score (nSPS) is 9.75. The molecule has 0 unspecified atom stereocenters. The van der Waals surface area contributed by atoms with E-state index in [2.05, 4.69) is 0 Å². The number of carbonyl (C=O) groups excluding carboxylic acids is 1. The van der Waals surface area contributed by atoms with Crippen LogP contribution in [0.5, 0.6) is 0 Å². The highest BCUT2D eigenvalue weighted by Gasteiger charge is 2.17. The van der Waals surface area contributed by atoms with Crippen molar-refractivity contribution in [1.82, 2.24) is 0 Å². The van der Waals surface area contributed by atoms with E-state index < -0.39 is 4.92 Å². The molecule has 0 N–H and O–H groups in total. The Morgan fingerprint density at radius 3 is 2.75 bits per heavy atom. The molecule has 0 spiro atoms. The summed E-state index contributed by atoms with van der Waals surface area (Å²) >= 11 is 2.17. The Kier molecular flexibility index (Phi) is 2.83. The SMILES string of the molecule is CSc1cc(C=O)sc1[N+](=O)[O-]. The maximum Gasteiger partial charge on any atom is 0.338 e. The molecule has 1 aromatic rings. The lowest BCUT2D eigenvalue weighted by atomic mass is 10.5. The standard InChI is InChI=1S/C6H5NO3S2/c1-11-5-2-4(3-8)12-6(5)7(9)10/h2-3H,1H3. The molecular weight excluding hydrogens is 198 g/mol. The van der Waals surface area contributed by atoms with Crippen molar-refractivity contribution in [2.24, 2.45) is 0 Å². The first kappa shape index (κ1) is 9.21. The molecule has 0 saturated heterocycles. The summed E-state index contributed by atoms with van der Waals surface area (Å²) in [7, 11) is 0. The molecule has 4 nitrogen and oxygen atoms in total. The summed E-state index contributed by atoms with van der Waals surface area (Å²) in [5.74, 6) is 0. The number of carbonyl (C=O) groups is 1. The maximum absolute atomic E-state index is 10.4. The third-order valence-electron chi connectivity index (χ3n) is 1.20. The third-order valence-corrected chi connectivity index (χ3v) is 3.09. The van der Waals surface area contributed by atoms with Crippen LogP contribution >= 0.6 is 23.1 Å². The molecule has 1 rings (SSSR count). The molecule has 0 saturated carbocycles. The summed E-state index contributed by atoms with van der Waals surface area (Å²) in [4.78, 5) is 21.2. The smallest absolute Gasteiger partial charge is 0.297 e. The van der Waals surface area contributed by atoms with Gasteiger partial charge in [-0.05, 0) is 12.3 Å². The monoisotopic (exact) mass is 203 g/mol. The predicted molar refractivity (Wildman–Crippen MR) is 48.1 cm³/mol. The summed E-state index contributed by atoms with van der Waals surface area (Å²) in [5.41, 5.74) is 0. The van der Waals surface area contributed by atoms with Gasteiger partial charge in [0.2, 0.25) is 0 Å². The van der Waals surface area contributed by atoms with Crippen LogP contribution < -0.4 is 0 Å². The number of thioether (sulfide) groups is 1. The zero-order valence-electron chi connectivity index (χ0n) is 6.14. The molecule has 0 fully saturated rings. The van der Waals surface area contributed by atoms with Crippen LogP contribution in [0.4, 0.5) is 5.00 Å². The van der Waals surface area contributed by atoms with Crippen LogP contribution in [-0.4, -0.2) is 17.5 Å². The van der Waals surface area contributed by atoms with E-state index in [0.717, 1.165) is 11.3 Å². The van der Waals surface area contributed by atoms with Gasteiger partial charge in [0.25, 0.3) is 0 Å².